The Balaban J connectivity index is 2.99. The molecule has 15 heavy (non-hydrogen) atoms. The number of halogens is 1. The van der Waals surface area contributed by atoms with Crippen LogP contribution in [0.15, 0.2) is 23.0 Å². The number of rotatable bonds is 1. The third-order valence-corrected chi connectivity index (χ3v) is 2.57. The highest BCUT2D eigenvalue weighted by Crippen LogP contribution is 2.17. The average molecular weight is 224 g/mol. The van der Waals surface area contributed by atoms with Gasteiger partial charge < -0.3 is 5.73 Å². The first-order valence-corrected chi connectivity index (χ1v) is 4.97. The second-order valence-electron chi connectivity index (χ2n) is 3.17. The first-order valence-electron chi connectivity index (χ1n) is 4.59. The zero-order valence-electron chi connectivity index (χ0n) is 8.20. The Morgan fingerprint density at radius 1 is 1.53 bits per heavy atom. The number of nitrogens with two attached hydrogens (primary N) is 1. The Bertz CT molecular complexity index is 577. The van der Waals surface area contributed by atoms with Gasteiger partial charge in [0.05, 0.1) is 10.9 Å². The van der Waals surface area contributed by atoms with E-state index in [-0.39, 0.29) is 10.8 Å². The smallest absolute Gasteiger partial charge is 0.264 e. The van der Waals surface area contributed by atoms with E-state index >= 15 is 0 Å². The molecule has 0 amide bonds. The molecule has 78 valence electrons. The van der Waals surface area contributed by atoms with Crippen LogP contribution in [0, 0.1) is 0 Å². The number of nitrogen functional groups attached to an aromatic ring is 1. The van der Waals surface area contributed by atoms with Crippen LogP contribution in [0.3, 0.4) is 0 Å². The van der Waals surface area contributed by atoms with Crippen LogP contribution in [0.25, 0.3) is 10.9 Å². The summed E-state index contributed by atoms with van der Waals surface area (Å²) in [5.74, 6) is 0. The first kappa shape index (κ1) is 9.98. The van der Waals surface area contributed by atoms with Crippen LogP contribution in [0.1, 0.15) is 6.92 Å². The van der Waals surface area contributed by atoms with E-state index in [9.17, 15) is 4.79 Å². The van der Waals surface area contributed by atoms with Crippen LogP contribution in [0.4, 0.5) is 5.69 Å². The first-order chi connectivity index (χ1) is 7.15. The van der Waals surface area contributed by atoms with Crippen LogP contribution in [-0.2, 0) is 6.54 Å². The molecule has 2 aromatic rings. The predicted molar refractivity (Wildman–Crippen MR) is 61.1 cm³/mol. The van der Waals surface area contributed by atoms with Crippen molar-refractivity contribution in [2.24, 2.45) is 0 Å². The lowest BCUT2D eigenvalue weighted by molar-refractivity contribution is 0.719. The minimum atomic E-state index is -0.189. The number of benzene rings is 1. The molecular formula is C10H10ClN3O. The molecule has 0 radical (unpaired) electrons. The lowest BCUT2D eigenvalue weighted by Crippen LogP contribution is -2.22. The van der Waals surface area contributed by atoms with Crippen LogP contribution in [0.5, 0.6) is 0 Å². The van der Waals surface area contributed by atoms with E-state index in [1.54, 1.807) is 18.2 Å². The van der Waals surface area contributed by atoms with Crippen molar-refractivity contribution in [3.63, 3.8) is 0 Å². The molecule has 0 unspecified atom stereocenters. The molecule has 0 aliphatic carbocycles. The summed E-state index contributed by atoms with van der Waals surface area (Å²) in [4.78, 5) is 16.1. The summed E-state index contributed by atoms with van der Waals surface area (Å²) in [6, 6.07) is 5.15. The molecule has 0 aliphatic heterocycles. The molecule has 0 fully saturated rings. The number of hydrogen-bond acceptors (Lipinski definition) is 3. The fourth-order valence-electron chi connectivity index (χ4n) is 1.54. The predicted octanol–water partition coefficient (Wildman–Crippen LogP) is 1.65. The van der Waals surface area contributed by atoms with E-state index in [1.165, 1.54) is 4.57 Å². The van der Waals surface area contributed by atoms with Gasteiger partial charge in [-0.05, 0) is 30.7 Å². The molecule has 5 heteroatoms. The van der Waals surface area contributed by atoms with E-state index in [1.807, 2.05) is 6.92 Å². The number of fused-ring (bicyclic) bond motifs is 1. The molecule has 1 aromatic carbocycles. The molecule has 2 N–H and O–H groups in total. The Kier molecular flexibility index (Phi) is 2.36. The van der Waals surface area contributed by atoms with Crippen molar-refractivity contribution >= 4 is 28.2 Å². The molecule has 1 aromatic heterocycles. The Labute approximate surface area is 91.3 Å². The zero-order valence-corrected chi connectivity index (χ0v) is 8.95. The van der Waals surface area contributed by atoms with Gasteiger partial charge in [-0.15, -0.1) is 0 Å². The van der Waals surface area contributed by atoms with E-state index in [0.717, 1.165) is 0 Å². The van der Waals surface area contributed by atoms with Gasteiger partial charge in [-0.2, -0.15) is 0 Å². The normalized spacial score (nSPS) is 10.8. The molecule has 0 atom stereocenters. The van der Waals surface area contributed by atoms with Gasteiger partial charge in [0.2, 0.25) is 5.28 Å². The van der Waals surface area contributed by atoms with Crippen molar-refractivity contribution < 1.29 is 0 Å². The van der Waals surface area contributed by atoms with Gasteiger partial charge in [-0.1, -0.05) is 6.07 Å². The summed E-state index contributed by atoms with van der Waals surface area (Å²) in [5, 5.41) is 0.629. The number of anilines is 1. The van der Waals surface area contributed by atoms with Gasteiger partial charge in [0, 0.05) is 12.2 Å². The lowest BCUT2D eigenvalue weighted by atomic mass is 10.2. The SMILES string of the molecule is CCn1c(Cl)nc2cccc(N)c2c1=O. The molecule has 0 bridgehead atoms. The average Bonchev–Trinajstić information content (AvgIpc) is 2.17. The zero-order chi connectivity index (χ0) is 11.0. The Morgan fingerprint density at radius 3 is 2.93 bits per heavy atom. The lowest BCUT2D eigenvalue weighted by Gasteiger charge is -2.07. The van der Waals surface area contributed by atoms with Gasteiger partial charge in [-0.3, -0.25) is 9.36 Å². The summed E-state index contributed by atoms with van der Waals surface area (Å²) in [7, 11) is 0. The van der Waals surface area contributed by atoms with E-state index in [0.29, 0.717) is 23.1 Å². The van der Waals surface area contributed by atoms with Gasteiger partial charge in [-0.25, -0.2) is 4.98 Å². The van der Waals surface area contributed by atoms with E-state index < -0.39 is 0 Å². The molecule has 1 heterocycles. The van der Waals surface area contributed by atoms with Crippen LogP contribution >= 0.6 is 11.6 Å². The summed E-state index contributed by atoms with van der Waals surface area (Å²) in [5.41, 5.74) is 6.52. The van der Waals surface area contributed by atoms with Crippen molar-refractivity contribution in [2.75, 3.05) is 5.73 Å². The van der Waals surface area contributed by atoms with Crippen molar-refractivity contribution in [3.8, 4) is 0 Å². The molecule has 0 saturated carbocycles. The van der Waals surface area contributed by atoms with Crippen LogP contribution in [0.2, 0.25) is 5.28 Å². The molecule has 0 saturated heterocycles. The Hall–Kier alpha value is -1.55. The quantitative estimate of drug-likeness (QED) is 0.591. The maximum absolute atomic E-state index is 12.0. The topological polar surface area (TPSA) is 60.9 Å². The van der Waals surface area contributed by atoms with Crippen molar-refractivity contribution in [1.82, 2.24) is 9.55 Å². The third kappa shape index (κ3) is 1.47. The van der Waals surface area contributed by atoms with Crippen molar-refractivity contribution in [3.05, 3.63) is 33.8 Å². The second-order valence-corrected chi connectivity index (χ2v) is 3.51. The molecule has 4 nitrogen and oxygen atoms in total. The molecule has 0 aliphatic rings. The van der Waals surface area contributed by atoms with Crippen LogP contribution in [-0.4, -0.2) is 9.55 Å². The van der Waals surface area contributed by atoms with Gasteiger partial charge in [0.1, 0.15) is 0 Å². The monoisotopic (exact) mass is 223 g/mol. The number of aromatic nitrogens is 2. The van der Waals surface area contributed by atoms with Gasteiger partial charge in [0.15, 0.2) is 0 Å². The second kappa shape index (κ2) is 3.55. The van der Waals surface area contributed by atoms with E-state index in [4.69, 9.17) is 17.3 Å². The summed E-state index contributed by atoms with van der Waals surface area (Å²) in [6.45, 7) is 2.31. The minimum Gasteiger partial charge on any atom is -0.398 e. The van der Waals surface area contributed by atoms with Crippen LogP contribution < -0.4 is 11.3 Å². The summed E-state index contributed by atoms with van der Waals surface area (Å²) in [6.07, 6.45) is 0. The maximum Gasteiger partial charge on any atom is 0.264 e. The summed E-state index contributed by atoms with van der Waals surface area (Å²) < 4.78 is 1.39. The van der Waals surface area contributed by atoms with Gasteiger partial charge >= 0.3 is 0 Å². The number of hydrogen-bond donors (Lipinski definition) is 1. The highest BCUT2D eigenvalue weighted by molar-refractivity contribution is 6.28. The minimum absolute atomic E-state index is 0.189. The molecule has 0 spiro atoms. The van der Waals surface area contributed by atoms with Crippen molar-refractivity contribution in [2.45, 2.75) is 13.5 Å². The molecule has 2 rings (SSSR count). The maximum atomic E-state index is 12.0. The number of nitrogens with zero attached hydrogens (tertiary/aromatic N) is 2. The molecular weight excluding hydrogens is 214 g/mol. The standard InChI is InChI=1S/C10H10ClN3O/c1-2-14-9(15)8-6(12)4-3-5-7(8)13-10(14)11/h3-5H,2,12H2,1H3. The highest BCUT2D eigenvalue weighted by atomic mass is 35.5. The fourth-order valence-corrected chi connectivity index (χ4v) is 1.82. The third-order valence-electron chi connectivity index (χ3n) is 2.29. The highest BCUT2D eigenvalue weighted by Gasteiger charge is 2.09. The Morgan fingerprint density at radius 2 is 2.27 bits per heavy atom. The largest absolute Gasteiger partial charge is 0.398 e. The van der Waals surface area contributed by atoms with Gasteiger partial charge in [0.25, 0.3) is 5.56 Å². The fraction of sp³-hybridized carbons (Fsp3) is 0.200. The summed E-state index contributed by atoms with van der Waals surface area (Å²) >= 11 is 5.87. The van der Waals surface area contributed by atoms with Crippen molar-refractivity contribution in [1.29, 1.82) is 0 Å². The van der Waals surface area contributed by atoms with E-state index in [2.05, 4.69) is 4.98 Å².